The molecule has 0 aliphatic heterocycles. The highest BCUT2D eigenvalue weighted by Gasteiger charge is 2.13. The van der Waals surface area contributed by atoms with Crippen LogP contribution in [0.15, 0.2) is 28.2 Å². The molecule has 21 heavy (non-hydrogen) atoms. The number of hydrogen-bond donors (Lipinski definition) is 2. The SMILES string of the molecule is CCCNc1cc(C)ncc1C(=O)NCc1sccc1Br. The Morgan fingerprint density at radius 3 is 2.95 bits per heavy atom. The Morgan fingerprint density at radius 2 is 2.29 bits per heavy atom. The number of rotatable bonds is 6. The summed E-state index contributed by atoms with van der Waals surface area (Å²) in [6.45, 7) is 5.36. The number of nitrogens with zero attached hydrogens (tertiary/aromatic N) is 1. The third-order valence-corrected chi connectivity index (χ3v) is 4.88. The van der Waals surface area contributed by atoms with Gasteiger partial charge < -0.3 is 10.6 Å². The molecule has 6 heteroatoms. The number of hydrogen-bond acceptors (Lipinski definition) is 4. The van der Waals surface area contributed by atoms with Gasteiger partial charge in [0, 0.05) is 27.8 Å². The van der Waals surface area contributed by atoms with Crippen LogP contribution in [0.25, 0.3) is 0 Å². The zero-order valence-corrected chi connectivity index (χ0v) is 14.5. The summed E-state index contributed by atoms with van der Waals surface area (Å²) >= 11 is 5.08. The maximum Gasteiger partial charge on any atom is 0.255 e. The number of anilines is 1. The maximum absolute atomic E-state index is 12.3. The van der Waals surface area contributed by atoms with Crippen LogP contribution >= 0.6 is 27.3 Å². The Balaban J connectivity index is 2.09. The van der Waals surface area contributed by atoms with E-state index in [1.165, 1.54) is 0 Å². The van der Waals surface area contributed by atoms with Gasteiger partial charge in [-0.25, -0.2) is 0 Å². The number of aromatic nitrogens is 1. The van der Waals surface area contributed by atoms with Crippen LogP contribution in [0.1, 0.15) is 34.3 Å². The van der Waals surface area contributed by atoms with Crippen molar-refractivity contribution in [3.05, 3.63) is 44.3 Å². The molecular weight excluding hydrogens is 350 g/mol. The van der Waals surface area contributed by atoms with E-state index < -0.39 is 0 Å². The lowest BCUT2D eigenvalue weighted by Crippen LogP contribution is -2.24. The molecule has 2 rings (SSSR count). The summed E-state index contributed by atoms with van der Waals surface area (Å²) in [5.74, 6) is -0.110. The van der Waals surface area contributed by atoms with Crippen LogP contribution < -0.4 is 10.6 Å². The normalized spacial score (nSPS) is 10.4. The van der Waals surface area contributed by atoms with Gasteiger partial charge in [-0.3, -0.25) is 9.78 Å². The zero-order valence-electron chi connectivity index (χ0n) is 12.1. The summed E-state index contributed by atoms with van der Waals surface area (Å²) in [4.78, 5) is 17.7. The Hall–Kier alpha value is -1.40. The van der Waals surface area contributed by atoms with Gasteiger partial charge in [-0.1, -0.05) is 6.92 Å². The smallest absolute Gasteiger partial charge is 0.255 e. The molecule has 0 spiro atoms. The van der Waals surface area contributed by atoms with E-state index in [1.807, 2.05) is 24.4 Å². The van der Waals surface area contributed by atoms with Crippen molar-refractivity contribution >= 4 is 38.9 Å². The van der Waals surface area contributed by atoms with E-state index in [2.05, 4.69) is 38.5 Å². The van der Waals surface area contributed by atoms with Gasteiger partial charge in [-0.05, 0) is 46.8 Å². The van der Waals surface area contributed by atoms with Crippen molar-refractivity contribution in [2.75, 3.05) is 11.9 Å². The second-order valence-corrected chi connectivity index (χ2v) is 6.53. The Bertz CT molecular complexity index is 627. The minimum Gasteiger partial charge on any atom is -0.384 e. The maximum atomic E-state index is 12.3. The molecule has 0 saturated heterocycles. The van der Waals surface area contributed by atoms with E-state index in [0.29, 0.717) is 12.1 Å². The van der Waals surface area contributed by atoms with Gasteiger partial charge in [0.15, 0.2) is 0 Å². The Morgan fingerprint density at radius 1 is 1.48 bits per heavy atom. The molecule has 0 radical (unpaired) electrons. The Labute approximate surface area is 137 Å². The Kier molecular flexibility index (Phi) is 5.76. The van der Waals surface area contributed by atoms with E-state index in [-0.39, 0.29) is 5.91 Å². The van der Waals surface area contributed by atoms with Crippen molar-refractivity contribution in [1.29, 1.82) is 0 Å². The van der Waals surface area contributed by atoms with Crippen molar-refractivity contribution in [3.63, 3.8) is 0 Å². The van der Waals surface area contributed by atoms with Crippen molar-refractivity contribution in [2.45, 2.75) is 26.8 Å². The lowest BCUT2D eigenvalue weighted by atomic mass is 10.2. The van der Waals surface area contributed by atoms with Crippen LogP contribution in [-0.2, 0) is 6.54 Å². The molecule has 0 unspecified atom stereocenters. The second-order valence-electron chi connectivity index (χ2n) is 4.67. The van der Waals surface area contributed by atoms with Gasteiger partial charge in [-0.15, -0.1) is 11.3 Å². The summed E-state index contributed by atoms with van der Waals surface area (Å²) in [5, 5.41) is 8.21. The molecule has 112 valence electrons. The number of pyridine rings is 1. The molecule has 2 aromatic rings. The third-order valence-electron chi connectivity index (χ3n) is 2.95. The van der Waals surface area contributed by atoms with Gasteiger partial charge in [-0.2, -0.15) is 0 Å². The van der Waals surface area contributed by atoms with Gasteiger partial charge in [0.1, 0.15) is 0 Å². The first-order valence-corrected chi connectivity index (χ1v) is 8.49. The van der Waals surface area contributed by atoms with Crippen molar-refractivity contribution < 1.29 is 4.79 Å². The van der Waals surface area contributed by atoms with Crippen molar-refractivity contribution in [3.8, 4) is 0 Å². The molecular formula is C15H18BrN3OS. The predicted octanol–water partition coefficient (Wildman–Crippen LogP) is 3.97. The van der Waals surface area contributed by atoms with Crippen molar-refractivity contribution in [1.82, 2.24) is 10.3 Å². The molecule has 4 nitrogen and oxygen atoms in total. The molecule has 0 atom stereocenters. The quantitative estimate of drug-likeness (QED) is 0.811. The van der Waals surface area contributed by atoms with Crippen LogP contribution in [0.5, 0.6) is 0 Å². The van der Waals surface area contributed by atoms with E-state index >= 15 is 0 Å². The second kappa shape index (κ2) is 7.56. The average molecular weight is 368 g/mol. The van der Waals surface area contributed by atoms with Crippen LogP contribution in [0.3, 0.4) is 0 Å². The molecule has 0 aromatic carbocycles. The van der Waals surface area contributed by atoms with E-state index in [1.54, 1.807) is 17.5 Å². The zero-order chi connectivity index (χ0) is 15.2. The number of nitrogens with one attached hydrogen (secondary N) is 2. The van der Waals surface area contributed by atoms with Crippen LogP contribution in [0, 0.1) is 6.92 Å². The fraction of sp³-hybridized carbons (Fsp3) is 0.333. The first-order valence-electron chi connectivity index (χ1n) is 6.82. The van der Waals surface area contributed by atoms with Gasteiger partial charge in [0.25, 0.3) is 5.91 Å². The first kappa shape index (κ1) is 16.0. The summed E-state index contributed by atoms with van der Waals surface area (Å²) in [6, 6.07) is 3.89. The van der Waals surface area contributed by atoms with E-state index in [4.69, 9.17) is 0 Å². The third kappa shape index (κ3) is 4.28. The number of thiophene rings is 1. The predicted molar refractivity (Wildman–Crippen MR) is 90.9 cm³/mol. The van der Waals surface area contributed by atoms with E-state index in [0.717, 1.165) is 33.7 Å². The fourth-order valence-corrected chi connectivity index (χ4v) is 3.29. The largest absolute Gasteiger partial charge is 0.384 e. The number of carbonyl (C=O) groups excluding carboxylic acids is 1. The summed E-state index contributed by atoms with van der Waals surface area (Å²) in [6.07, 6.45) is 2.64. The monoisotopic (exact) mass is 367 g/mol. The van der Waals surface area contributed by atoms with Crippen LogP contribution in [0.2, 0.25) is 0 Å². The van der Waals surface area contributed by atoms with Gasteiger partial charge in [0.2, 0.25) is 0 Å². The molecule has 1 amide bonds. The molecule has 2 aromatic heterocycles. The highest BCUT2D eigenvalue weighted by Crippen LogP contribution is 2.22. The summed E-state index contributed by atoms with van der Waals surface area (Å²) < 4.78 is 1.03. The van der Waals surface area contributed by atoms with Gasteiger partial charge in [0.05, 0.1) is 17.8 Å². The number of carbonyl (C=O) groups is 1. The first-order chi connectivity index (χ1) is 10.1. The summed E-state index contributed by atoms with van der Waals surface area (Å²) in [7, 11) is 0. The minimum atomic E-state index is -0.110. The van der Waals surface area contributed by atoms with Crippen LogP contribution in [0.4, 0.5) is 5.69 Å². The molecule has 2 N–H and O–H groups in total. The topological polar surface area (TPSA) is 54.0 Å². The number of amides is 1. The standard InChI is InChI=1S/C15H18BrN3OS/c1-3-5-17-13-7-10(2)18-8-11(13)15(20)19-9-14-12(16)4-6-21-14/h4,6-8H,3,5,9H2,1-2H3,(H,17,18)(H,19,20). The molecule has 0 aliphatic carbocycles. The van der Waals surface area contributed by atoms with Crippen molar-refractivity contribution in [2.24, 2.45) is 0 Å². The lowest BCUT2D eigenvalue weighted by molar-refractivity contribution is 0.0951. The lowest BCUT2D eigenvalue weighted by Gasteiger charge is -2.12. The molecule has 2 heterocycles. The number of halogens is 1. The average Bonchev–Trinajstić information content (AvgIpc) is 2.88. The number of aryl methyl sites for hydroxylation is 1. The highest BCUT2D eigenvalue weighted by atomic mass is 79.9. The van der Waals surface area contributed by atoms with Crippen LogP contribution in [-0.4, -0.2) is 17.4 Å². The molecule has 0 aliphatic rings. The molecule has 0 fully saturated rings. The molecule has 0 bridgehead atoms. The van der Waals surface area contributed by atoms with Gasteiger partial charge >= 0.3 is 0 Å². The highest BCUT2D eigenvalue weighted by molar-refractivity contribution is 9.10. The fourth-order valence-electron chi connectivity index (χ4n) is 1.85. The minimum absolute atomic E-state index is 0.110. The molecule has 0 saturated carbocycles. The summed E-state index contributed by atoms with van der Waals surface area (Å²) in [5.41, 5.74) is 2.32. The van der Waals surface area contributed by atoms with E-state index in [9.17, 15) is 4.79 Å².